The number of ether oxygens (including phenoxy) is 1. The zero-order chi connectivity index (χ0) is 14.1. The Morgan fingerprint density at radius 1 is 1.30 bits per heavy atom. The third-order valence-electron chi connectivity index (χ3n) is 3.55. The van der Waals surface area contributed by atoms with Crippen molar-refractivity contribution < 1.29 is 4.74 Å². The lowest BCUT2D eigenvalue weighted by molar-refractivity contribution is 0.410. The van der Waals surface area contributed by atoms with Gasteiger partial charge in [-0.05, 0) is 36.8 Å². The standard InChI is InChI=1S/C16H17ClOS2/c1-10-3-4-13(18-2)12(7-10)16(17)15-8-11-9-19-6-5-14(11)20-15/h3-4,7-8,16H,5-6,9H2,1-2H3. The molecule has 20 heavy (non-hydrogen) atoms. The summed E-state index contributed by atoms with van der Waals surface area (Å²) in [6.07, 6.45) is 1.18. The van der Waals surface area contributed by atoms with E-state index in [9.17, 15) is 0 Å². The topological polar surface area (TPSA) is 9.23 Å². The van der Waals surface area contributed by atoms with Crippen molar-refractivity contribution in [1.82, 2.24) is 0 Å². The van der Waals surface area contributed by atoms with Gasteiger partial charge in [0.25, 0.3) is 0 Å². The molecular weight excluding hydrogens is 308 g/mol. The maximum Gasteiger partial charge on any atom is 0.123 e. The number of aryl methyl sites for hydroxylation is 2. The molecule has 1 nitrogen and oxygen atoms in total. The summed E-state index contributed by atoms with van der Waals surface area (Å²) in [6, 6.07) is 8.47. The van der Waals surface area contributed by atoms with E-state index in [0.717, 1.165) is 17.1 Å². The van der Waals surface area contributed by atoms with Gasteiger partial charge in [0, 0.05) is 21.1 Å². The van der Waals surface area contributed by atoms with E-state index in [1.807, 2.05) is 29.2 Å². The Kier molecular flexibility index (Phi) is 4.29. The fourth-order valence-electron chi connectivity index (χ4n) is 2.50. The van der Waals surface area contributed by atoms with Gasteiger partial charge in [-0.15, -0.1) is 22.9 Å². The number of halogens is 1. The minimum absolute atomic E-state index is 0.120. The van der Waals surface area contributed by atoms with Crippen molar-refractivity contribution in [3.8, 4) is 5.75 Å². The number of rotatable bonds is 3. The van der Waals surface area contributed by atoms with Gasteiger partial charge in [-0.1, -0.05) is 17.7 Å². The third-order valence-corrected chi connectivity index (χ3v) is 6.46. The molecular formula is C16H17ClOS2. The maximum atomic E-state index is 6.73. The molecule has 4 heteroatoms. The second-order valence-corrected chi connectivity index (χ2v) is 7.72. The lowest BCUT2D eigenvalue weighted by atomic mass is 10.1. The summed E-state index contributed by atoms with van der Waals surface area (Å²) in [5.41, 5.74) is 3.75. The summed E-state index contributed by atoms with van der Waals surface area (Å²) in [5, 5.41) is -0.120. The number of methoxy groups -OCH3 is 1. The van der Waals surface area contributed by atoms with Gasteiger partial charge in [0.05, 0.1) is 12.5 Å². The van der Waals surface area contributed by atoms with Crippen LogP contribution in [0, 0.1) is 6.92 Å². The minimum Gasteiger partial charge on any atom is -0.496 e. The molecule has 1 aliphatic heterocycles. The highest BCUT2D eigenvalue weighted by Gasteiger charge is 2.21. The zero-order valence-corrected chi connectivity index (χ0v) is 14.0. The van der Waals surface area contributed by atoms with Gasteiger partial charge in [0.2, 0.25) is 0 Å². The van der Waals surface area contributed by atoms with Crippen molar-refractivity contribution in [3.63, 3.8) is 0 Å². The number of hydrogen-bond donors (Lipinski definition) is 0. The van der Waals surface area contributed by atoms with Crippen molar-refractivity contribution in [3.05, 3.63) is 50.7 Å². The monoisotopic (exact) mass is 324 g/mol. The van der Waals surface area contributed by atoms with E-state index in [0.29, 0.717) is 0 Å². The fraction of sp³-hybridized carbons (Fsp3) is 0.375. The average Bonchev–Trinajstić information content (AvgIpc) is 2.90. The van der Waals surface area contributed by atoms with Crippen molar-refractivity contribution >= 4 is 34.7 Å². The van der Waals surface area contributed by atoms with E-state index >= 15 is 0 Å². The molecule has 0 spiro atoms. The Hall–Kier alpha value is -0.640. The van der Waals surface area contributed by atoms with Gasteiger partial charge in [-0.2, -0.15) is 11.8 Å². The molecule has 0 bridgehead atoms. The first-order valence-electron chi connectivity index (χ1n) is 6.67. The van der Waals surface area contributed by atoms with E-state index in [4.69, 9.17) is 16.3 Å². The van der Waals surface area contributed by atoms with Crippen LogP contribution in [-0.4, -0.2) is 12.9 Å². The van der Waals surface area contributed by atoms with Gasteiger partial charge in [0.1, 0.15) is 5.75 Å². The predicted molar refractivity (Wildman–Crippen MR) is 89.6 cm³/mol. The van der Waals surface area contributed by atoms with Gasteiger partial charge in [0.15, 0.2) is 0 Å². The molecule has 1 aliphatic rings. The van der Waals surface area contributed by atoms with Gasteiger partial charge in [-0.3, -0.25) is 0 Å². The Morgan fingerprint density at radius 3 is 2.90 bits per heavy atom. The smallest absolute Gasteiger partial charge is 0.123 e. The maximum absolute atomic E-state index is 6.73. The highest BCUT2D eigenvalue weighted by atomic mass is 35.5. The Morgan fingerprint density at radius 2 is 2.15 bits per heavy atom. The van der Waals surface area contributed by atoms with E-state index in [1.165, 1.54) is 33.1 Å². The van der Waals surface area contributed by atoms with Crippen LogP contribution in [0.5, 0.6) is 5.75 Å². The summed E-state index contributed by atoms with van der Waals surface area (Å²) in [6.45, 7) is 2.09. The first-order valence-corrected chi connectivity index (χ1v) is 9.07. The predicted octanol–water partition coefficient (Wildman–Crippen LogP) is 5.18. The molecule has 0 saturated heterocycles. The summed E-state index contributed by atoms with van der Waals surface area (Å²) in [4.78, 5) is 2.75. The number of benzene rings is 1. The molecule has 1 unspecified atom stereocenters. The molecule has 1 aromatic heterocycles. The molecule has 2 aromatic rings. The molecule has 0 fully saturated rings. The summed E-state index contributed by atoms with van der Waals surface area (Å²) in [5.74, 6) is 3.23. The minimum atomic E-state index is -0.120. The average molecular weight is 325 g/mol. The highest BCUT2D eigenvalue weighted by molar-refractivity contribution is 7.98. The SMILES string of the molecule is COc1ccc(C)cc1C(Cl)c1cc2c(s1)CCSC2. The Balaban J connectivity index is 1.97. The molecule has 0 aliphatic carbocycles. The second kappa shape index (κ2) is 6.00. The molecule has 1 aromatic carbocycles. The van der Waals surface area contributed by atoms with E-state index in [-0.39, 0.29) is 5.38 Å². The number of thioether (sulfide) groups is 1. The molecule has 0 N–H and O–H groups in total. The number of alkyl halides is 1. The highest BCUT2D eigenvalue weighted by Crippen LogP contribution is 2.42. The molecule has 106 valence electrons. The summed E-state index contributed by atoms with van der Waals surface area (Å²) < 4.78 is 5.46. The zero-order valence-electron chi connectivity index (χ0n) is 11.6. The van der Waals surface area contributed by atoms with Crippen LogP contribution in [0.4, 0.5) is 0 Å². The van der Waals surface area contributed by atoms with Gasteiger partial charge in [-0.25, -0.2) is 0 Å². The van der Waals surface area contributed by atoms with Crippen LogP contribution >= 0.6 is 34.7 Å². The second-order valence-electron chi connectivity index (χ2n) is 5.01. The van der Waals surface area contributed by atoms with Crippen molar-refractivity contribution in [2.24, 2.45) is 0 Å². The number of thiophene rings is 1. The lowest BCUT2D eigenvalue weighted by Gasteiger charge is -2.13. The van der Waals surface area contributed by atoms with Crippen molar-refractivity contribution in [1.29, 1.82) is 0 Å². The Labute approximate surface area is 133 Å². The third kappa shape index (κ3) is 2.72. The lowest BCUT2D eigenvalue weighted by Crippen LogP contribution is -1.96. The summed E-state index contributed by atoms with van der Waals surface area (Å²) >= 11 is 10.6. The van der Waals surface area contributed by atoms with Gasteiger partial charge >= 0.3 is 0 Å². The first-order chi connectivity index (χ1) is 9.69. The van der Waals surface area contributed by atoms with Crippen LogP contribution in [0.1, 0.15) is 31.8 Å². The summed E-state index contributed by atoms with van der Waals surface area (Å²) in [7, 11) is 1.70. The van der Waals surface area contributed by atoms with Crippen LogP contribution in [0.3, 0.4) is 0 Å². The van der Waals surface area contributed by atoms with Crippen LogP contribution in [0.15, 0.2) is 24.3 Å². The molecule has 0 radical (unpaired) electrons. The van der Waals surface area contributed by atoms with E-state index in [2.05, 4.69) is 25.1 Å². The van der Waals surface area contributed by atoms with Crippen LogP contribution in [-0.2, 0) is 12.2 Å². The van der Waals surface area contributed by atoms with Crippen LogP contribution in [0.2, 0.25) is 0 Å². The number of hydrogen-bond acceptors (Lipinski definition) is 3. The quantitative estimate of drug-likeness (QED) is 0.719. The van der Waals surface area contributed by atoms with Crippen LogP contribution in [0.25, 0.3) is 0 Å². The van der Waals surface area contributed by atoms with Gasteiger partial charge < -0.3 is 4.74 Å². The molecule has 2 heterocycles. The van der Waals surface area contributed by atoms with Crippen molar-refractivity contribution in [2.75, 3.05) is 12.9 Å². The fourth-order valence-corrected chi connectivity index (χ4v) is 5.24. The number of fused-ring (bicyclic) bond motifs is 1. The van der Waals surface area contributed by atoms with E-state index < -0.39 is 0 Å². The largest absolute Gasteiger partial charge is 0.496 e. The molecule has 0 amide bonds. The molecule has 0 saturated carbocycles. The molecule has 3 rings (SSSR count). The van der Waals surface area contributed by atoms with Crippen molar-refractivity contribution in [2.45, 2.75) is 24.5 Å². The first kappa shape index (κ1) is 14.3. The van der Waals surface area contributed by atoms with Crippen LogP contribution < -0.4 is 4.74 Å². The van der Waals surface area contributed by atoms with E-state index in [1.54, 1.807) is 7.11 Å². The molecule has 1 atom stereocenters. The Bertz CT molecular complexity index is 597. The normalized spacial score (nSPS) is 15.8.